The first-order valence-corrected chi connectivity index (χ1v) is 7.38. The molecule has 2 nitrogen and oxygen atoms in total. The Kier molecular flexibility index (Phi) is 6.01. The Bertz CT molecular complexity index is 237. The maximum absolute atomic E-state index is 11.5. The summed E-state index contributed by atoms with van der Waals surface area (Å²) in [6.45, 7) is 6.69. The predicted octanol–water partition coefficient (Wildman–Crippen LogP) is 4.47. The summed E-state index contributed by atoms with van der Waals surface area (Å²) in [6, 6.07) is 0. The van der Waals surface area contributed by atoms with Gasteiger partial charge in [0.25, 0.3) is 0 Å². The highest BCUT2D eigenvalue weighted by atomic mass is 16.5. The second kappa shape index (κ2) is 7.03. The number of carbonyl (C=O) groups excluding carboxylic acids is 1. The van der Waals surface area contributed by atoms with Crippen LogP contribution in [0.3, 0.4) is 0 Å². The lowest BCUT2D eigenvalue weighted by atomic mass is 9.69. The van der Waals surface area contributed by atoms with Crippen molar-refractivity contribution in [3.63, 3.8) is 0 Å². The summed E-state index contributed by atoms with van der Waals surface area (Å²) in [4.78, 5) is 11.5. The standard InChI is InChI=1S/C15H28O2/c1-4-7-9-13-15(6-3,11-8-5-2)12-10-14(16)17-13/h13H,4-12H2,1-3H3. The number of hydrogen-bond donors (Lipinski definition) is 0. The maximum Gasteiger partial charge on any atom is 0.306 e. The normalized spacial score (nSPS) is 29.1. The fourth-order valence-electron chi connectivity index (χ4n) is 3.01. The summed E-state index contributed by atoms with van der Waals surface area (Å²) < 4.78 is 5.65. The van der Waals surface area contributed by atoms with Gasteiger partial charge in [-0.05, 0) is 25.7 Å². The fraction of sp³-hybridized carbons (Fsp3) is 0.933. The van der Waals surface area contributed by atoms with Crippen LogP contribution in [-0.4, -0.2) is 12.1 Å². The number of carbonyl (C=O) groups is 1. The first-order valence-electron chi connectivity index (χ1n) is 7.38. The van der Waals surface area contributed by atoms with Crippen LogP contribution >= 0.6 is 0 Å². The largest absolute Gasteiger partial charge is 0.462 e. The van der Waals surface area contributed by atoms with Crippen LogP contribution in [0.1, 0.15) is 78.6 Å². The number of rotatable bonds is 7. The van der Waals surface area contributed by atoms with Gasteiger partial charge in [0.1, 0.15) is 6.10 Å². The third kappa shape index (κ3) is 3.72. The molecule has 0 bridgehead atoms. The van der Waals surface area contributed by atoms with Crippen molar-refractivity contribution >= 4 is 5.97 Å². The Morgan fingerprint density at radius 1 is 1.24 bits per heavy atom. The number of esters is 1. The zero-order valence-electron chi connectivity index (χ0n) is 11.8. The van der Waals surface area contributed by atoms with E-state index in [-0.39, 0.29) is 17.5 Å². The van der Waals surface area contributed by atoms with Gasteiger partial charge in [0, 0.05) is 11.8 Å². The van der Waals surface area contributed by atoms with Gasteiger partial charge in [0.05, 0.1) is 0 Å². The fourth-order valence-corrected chi connectivity index (χ4v) is 3.01. The molecule has 0 amide bonds. The van der Waals surface area contributed by atoms with Gasteiger partial charge in [-0.2, -0.15) is 0 Å². The molecule has 0 radical (unpaired) electrons. The van der Waals surface area contributed by atoms with Crippen molar-refractivity contribution in [1.82, 2.24) is 0 Å². The predicted molar refractivity (Wildman–Crippen MR) is 70.9 cm³/mol. The molecule has 0 aromatic rings. The maximum atomic E-state index is 11.5. The lowest BCUT2D eigenvalue weighted by Gasteiger charge is -2.43. The summed E-state index contributed by atoms with van der Waals surface area (Å²) >= 11 is 0. The van der Waals surface area contributed by atoms with Crippen LogP contribution in [0.15, 0.2) is 0 Å². The monoisotopic (exact) mass is 240 g/mol. The van der Waals surface area contributed by atoms with Crippen molar-refractivity contribution in [3.05, 3.63) is 0 Å². The van der Waals surface area contributed by atoms with E-state index in [4.69, 9.17) is 4.74 Å². The average molecular weight is 240 g/mol. The molecule has 100 valence electrons. The summed E-state index contributed by atoms with van der Waals surface area (Å²) in [5.74, 6) is 0.0201. The van der Waals surface area contributed by atoms with Gasteiger partial charge in [-0.3, -0.25) is 4.79 Å². The first kappa shape index (κ1) is 14.5. The van der Waals surface area contributed by atoms with Crippen molar-refractivity contribution in [3.8, 4) is 0 Å². The van der Waals surface area contributed by atoms with Crippen LogP contribution in [0.25, 0.3) is 0 Å². The molecule has 0 aromatic carbocycles. The molecule has 2 heteroatoms. The van der Waals surface area contributed by atoms with E-state index in [0.717, 1.165) is 19.3 Å². The van der Waals surface area contributed by atoms with E-state index in [9.17, 15) is 4.79 Å². The molecule has 1 rings (SSSR count). The lowest BCUT2D eigenvalue weighted by Crippen LogP contribution is -2.42. The van der Waals surface area contributed by atoms with E-state index in [1.54, 1.807) is 0 Å². The highest BCUT2D eigenvalue weighted by Gasteiger charge is 2.42. The summed E-state index contributed by atoms with van der Waals surface area (Å²) in [5.41, 5.74) is 0.277. The minimum Gasteiger partial charge on any atom is -0.462 e. The van der Waals surface area contributed by atoms with Crippen molar-refractivity contribution in [2.45, 2.75) is 84.7 Å². The smallest absolute Gasteiger partial charge is 0.306 e. The molecule has 0 saturated carbocycles. The first-order chi connectivity index (χ1) is 8.18. The average Bonchev–Trinajstić information content (AvgIpc) is 2.35. The zero-order valence-corrected chi connectivity index (χ0v) is 11.8. The van der Waals surface area contributed by atoms with Gasteiger partial charge in [-0.25, -0.2) is 0 Å². The molecule has 0 aliphatic carbocycles. The second-order valence-electron chi connectivity index (χ2n) is 5.44. The van der Waals surface area contributed by atoms with Crippen molar-refractivity contribution in [1.29, 1.82) is 0 Å². The van der Waals surface area contributed by atoms with Crippen LogP contribution in [0.5, 0.6) is 0 Å². The van der Waals surface area contributed by atoms with Crippen LogP contribution < -0.4 is 0 Å². The Hall–Kier alpha value is -0.530. The van der Waals surface area contributed by atoms with E-state index in [2.05, 4.69) is 20.8 Å². The van der Waals surface area contributed by atoms with E-state index < -0.39 is 0 Å². The molecule has 0 N–H and O–H groups in total. The second-order valence-corrected chi connectivity index (χ2v) is 5.44. The highest BCUT2D eigenvalue weighted by Crippen LogP contribution is 2.44. The zero-order chi connectivity index (χ0) is 12.7. The van der Waals surface area contributed by atoms with E-state index in [0.29, 0.717) is 6.42 Å². The van der Waals surface area contributed by atoms with Crippen molar-refractivity contribution in [2.24, 2.45) is 5.41 Å². The summed E-state index contributed by atoms with van der Waals surface area (Å²) in [5, 5.41) is 0. The Morgan fingerprint density at radius 3 is 2.53 bits per heavy atom. The van der Waals surface area contributed by atoms with Gasteiger partial charge in [0.15, 0.2) is 0 Å². The molecule has 1 aliphatic rings. The topological polar surface area (TPSA) is 26.3 Å². The molecule has 17 heavy (non-hydrogen) atoms. The number of cyclic esters (lactones) is 1. The molecular formula is C15H28O2. The summed E-state index contributed by atoms with van der Waals surface area (Å²) in [6.07, 6.45) is 10.1. The van der Waals surface area contributed by atoms with Gasteiger partial charge in [-0.1, -0.05) is 46.5 Å². The molecule has 1 saturated heterocycles. The van der Waals surface area contributed by atoms with E-state index in [1.807, 2.05) is 0 Å². The number of unbranched alkanes of at least 4 members (excludes halogenated alkanes) is 2. The molecule has 0 aromatic heterocycles. The van der Waals surface area contributed by atoms with Crippen LogP contribution in [0.2, 0.25) is 0 Å². The number of hydrogen-bond acceptors (Lipinski definition) is 2. The minimum atomic E-state index is 0.0201. The molecule has 2 unspecified atom stereocenters. The quantitative estimate of drug-likeness (QED) is 0.614. The van der Waals surface area contributed by atoms with Crippen molar-refractivity contribution in [2.75, 3.05) is 0 Å². The molecule has 1 heterocycles. The van der Waals surface area contributed by atoms with Crippen LogP contribution in [0, 0.1) is 5.41 Å². The minimum absolute atomic E-state index is 0.0201. The third-order valence-corrected chi connectivity index (χ3v) is 4.34. The molecular weight excluding hydrogens is 212 g/mol. The molecule has 2 atom stereocenters. The van der Waals surface area contributed by atoms with E-state index >= 15 is 0 Å². The Balaban J connectivity index is 2.69. The van der Waals surface area contributed by atoms with Gasteiger partial charge >= 0.3 is 5.97 Å². The van der Waals surface area contributed by atoms with Gasteiger partial charge in [0.2, 0.25) is 0 Å². The molecule has 0 spiro atoms. The highest BCUT2D eigenvalue weighted by molar-refractivity contribution is 5.70. The SMILES string of the molecule is CCCCC1OC(=O)CCC1(CC)CCCC. The van der Waals surface area contributed by atoms with E-state index in [1.165, 1.54) is 32.1 Å². The summed E-state index contributed by atoms with van der Waals surface area (Å²) in [7, 11) is 0. The number of ether oxygens (including phenoxy) is 1. The molecule has 1 fully saturated rings. The van der Waals surface area contributed by atoms with Gasteiger partial charge < -0.3 is 4.74 Å². The molecule has 1 aliphatic heterocycles. The van der Waals surface area contributed by atoms with Crippen LogP contribution in [0.4, 0.5) is 0 Å². The third-order valence-electron chi connectivity index (χ3n) is 4.34. The van der Waals surface area contributed by atoms with Gasteiger partial charge in [-0.15, -0.1) is 0 Å². The lowest BCUT2D eigenvalue weighted by molar-refractivity contribution is -0.169. The Labute approximate surface area is 106 Å². The Morgan fingerprint density at radius 2 is 1.94 bits per heavy atom. The van der Waals surface area contributed by atoms with Crippen molar-refractivity contribution < 1.29 is 9.53 Å². The van der Waals surface area contributed by atoms with Crippen LogP contribution in [-0.2, 0) is 9.53 Å².